The third kappa shape index (κ3) is 2.85. The van der Waals surface area contributed by atoms with E-state index in [0.29, 0.717) is 17.7 Å². The Hall–Kier alpha value is -2.28. The molecule has 0 spiro atoms. The van der Waals surface area contributed by atoms with Crippen LogP contribution in [0.3, 0.4) is 0 Å². The van der Waals surface area contributed by atoms with Crippen LogP contribution in [0.15, 0.2) is 24.3 Å². The van der Waals surface area contributed by atoms with Gasteiger partial charge in [-0.05, 0) is 17.7 Å². The van der Waals surface area contributed by atoms with Gasteiger partial charge in [0.2, 0.25) is 0 Å². The average molecular weight is 216 g/mol. The van der Waals surface area contributed by atoms with Crippen LogP contribution < -0.4 is 5.73 Å². The molecule has 0 unspecified atom stereocenters. The van der Waals surface area contributed by atoms with Crippen LogP contribution in [0.1, 0.15) is 22.3 Å². The highest BCUT2D eigenvalue weighted by Crippen LogP contribution is 2.16. The van der Waals surface area contributed by atoms with Gasteiger partial charge < -0.3 is 10.5 Å². The van der Waals surface area contributed by atoms with Crippen LogP contribution in [-0.2, 0) is 4.74 Å². The third-order valence-electron chi connectivity index (χ3n) is 2.00. The number of hydrogen-bond acceptors (Lipinski definition) is 4. The Morgan fingerprint density at radius 3 is 2.94 bits per heavy atom. The molecule has 4 nitrogen and oxygen atoms in total. The number of nitrogen functional groups attached to an aromatic ring is 1. The molecular formula is C12H12N2O2. The first-order valence-corrected chi connectivity index (χ1v) is 4.70. The maximum absolute atomic E-state index is 11.2. The predicted octanol–water partition coefficient (Wildman–Crippen LogP) is 1.98. The van der Waals surface area contributed by atoms with E-state index in [4.69, 9.17) is 11.0 Å². The molecule has 0 aromatic heterocycles. The van der Waals surface area contributed by atoms with Gasteiger partial charge in [0.1, 0.15) is 0 Å². The molecule has 0 saturated heterocycles. The maximum Gasteiger partial charge on any atom is 0.339 e. The highest BCUT2D eigenvalue weighted by molar-refractivity contribution is 5.95. The van der Waals surface area contributed by atoms with E-state index in [1.165, 1.54) is 7.11 Å². The number of rotatable bonds is 3. The maximum atomic E-state index is 11.2. The molecule has 0 radical (unpaired) electrons. The molecule has 0 fully saturated rings. The molecule has 1 rings (SSSR count). The lowest BCUT2D eigenvalue weighted by molar-refractivity contribution is 0.0602. The molecule has 0 bridgehead atoms. The summed E-state index contributed by atoms with van der Waals surface area (Å²) in [6.45, 7) is 0. The lowest BCUT2D eigenvalue weighted by Gasteiger charge is -2.04. The van der Waals surface area contributed by atoms with Crippen molar-refractivity contribution in [2.24, 2.45) is 0 Å². The van der Waals surface area contributed by atoms with Gasteiger partial charge in [-0.3, -0.25) is 0 Å². The van der Waals surface area contributed by atoms with Crippen molar-refractivity contribution in [3.05, 3.63) is 35.4 Å². The fraction of sp³-hybridized carbons (Fsp3) is 0.167. The zero-order valence-electron chi connectivity index (χ0n) is 8.93. The number of nitrogens with two attached hydrogens (primary N) is 1. The van der Waals surface area contributed by atoms with E-state index in [2.05, 4.69) is 4.74 Å². The number of anilines is 1. The first-order valence-electron chi connectivity index (χ1n) is 4.70. The number of methoxy groups -OCH3 is 1. The number of nitriles is 1. The van der Waals surface area contributed by atoms with E-state index in [-0.39, 0.29) is 0 Å². The minimum atomic E-state index is -0.454. The minimum absolute atomic E-state index is 0.346. The van der Waals surface area contributed by atoms with Crippen LogP contribution in [-0.4, -0.2) is 13.1 Å². The van der Waals surface area contributed by atoms with Crippen LogP contribution in [0.4, 0.5) is 5.69 Å². The molecule has 82 valence electrons. The third-order valence-corrected chi connectivity index (χ3v) is 2.00. The van der Waals surface area contributed by atoms with E-state index < -0.39 is 5.97 Å². The van der Waals surface area contributed by atoms with Gasteiger partial charge in [0.05, 0.1) is 25.2 Å². The molecule has 0 heterocycles. The molecule has 4 heteroatoms. The first-order chi connectivity index (χ1) is 7.69. The van der Waals surface area contributed by atoms with Gasteiger partial charge in [0, 0.05) is 5.69 Å². The second-order valence-corrected chi connectivity index (χ2v) is 3.10. The van der Waals surface area contributed by atoms with E-state index in [1.54, 1.807) is 30.4 Å². The zero-order chi connectivity index (χ0) is 12.0. The lowest BCUT2D eigenvalue weighted by atomic mass is 10.1. The summed E-state index contributed by atoms with van der Waals surface area (Å²) in [5, 5.41) is 8.36. The predicted molar refractivity (Wildman–Crippen MR) is 61.5 cm³/mol. The Kier molecular flexibility index (Phi) is 4.10. The topological polar surface area (TPSA) is 76.1 Å². The van der Waals surface area contributed by atoms with Gasteiger partial charge in [-0.15, -0.1) is 0 Å². The van der Waals surface area contributed by atoms with Crippen molar-refractivity contribution in [1.82, 2.24) is 0 Å². The smallest absolute Gasteiger partial charge is 0.339 e. The molecule has 1 aromatic rings. The van der Waals surface area contributed by atoms with Gasteiger partial charge in [-0.1, -0.05) is 18.2 Å². The van der Waals surface area contributed by atoms with Crippen molar-refractivity contribution in [1.29, 1.82) is 5.26 Å². The number of allylic oxidation sites excluding steroid dienone is 1. The summed E-state index contributed by atoms with van der Waals surface area (Å²) >= 11 is 0. The molecule has 0 aliphatic rings. The van der Waals surface area contributed by atoms with Gasteiger partial charge in [0.15, 0.2) is 0 Å². The number of hydrogen-bond donors (Lipinski definition) is 1. The van der Waals surface area contributed by atoms with Crippen LogP contribution in [0.2, 0.25) is 0 Å². The molecule has 0 aliphatic carbocycles. The van der Waals surface area contributed by atoms with Crippen molar-refractivity contribution in [3.8, 4) is 6.07 Å². The SMILES string of the molecule is COC(=O)c1ccc(C=CCC#N)cc1N. The largest absolute Gasteiger partial charge is 0.465 e. The lowest BCUT2D eigenvalue weighted by Crippen LogP contribution is -2.05. The van der Waals surface area contributed by atoms with E-state index in [1.807, 2.05) is 6.07 Å². The van der Waals surface area contributed by atoms with E-state index >= 15 is 0 Å². The van der Waals surface area contributed by atoms with Crippen molar-refractivity contribution >= 4 is 17.7 Å². The summed E-state index contributed by atoms with van der Waals surface area (Å²) in [6.07, 6.45) is 3.85. The molecule has 0 amide bonds. The summed E-state index contributed by atoms with van der Waals surface area (Å²) in [5.41, 5.74) is 7.26. The molecule has 0 aliphatic heterocycles. The van der Waals surface area contributed by atoms with Crippen LogP contribution >= 0.6 is 0 Å². The Bertz CT molecular complexity index is 459. The fourth-order valence-electron chi connectivity index (χ4n) is 1.23. The average Bonchev–Trinajstić information content (AvgIpc) is 2.29. The monoisotopic (exact) mass is 216 g/mol. The van der Waals surface area contributed by atoms with Gasteiger partial charge >= 0.3 is 5.97 Å². The van der Waals surface area contributed by atoms with Crippen molar-refractivity contribution in [2.45, 2.75) is 6.42 Å². The second kappa shape index (κ2) is 5.56. The molecule has 1 aromatic carbocycles. The number of esters is 1. The highest BCUT2D eigenvalue weighted by atomic mass is 16.5. The second-order valence-electron chi connectivity index (χ2n) is 3.10. The number of carbonyl (C=O) groups is 1. The molecule has 0 atom stereocenters. The Morgan fingerprint density at radius 2 is 2.38 bits per heavy atom. The molecule has 2 N–H and O–H groups in total. The summed E-state index contributed by atoms with van der Waals surface area (Å²) in [6, 6.07) is 7.02. The van der Waals surface area contributed by atoms with Crippen LogP contribution in [0.5, 0.6) is 0 Å². The van der Waals surface area contributed by atoms with Gasteiger partial charge in [-0.2, -0.15) is 5.26 Å². The van der Waals surface area contributed by atoms with Crippen LogP contribution in [0.25, 0.3) is 6.08 Å². The fourth-order valence-corrected chi connectivity index (χ4v) is 1.23. The number of nitrogens with zero attached hydrogens (tertiary/aromatic N) is 1. The van der Waals surface area contributed by atoms with Crippen molar-refractivity contribution < 1.29 is 9.53 Å². The normalized spacial score (nSPS) is 10.0. The molecular weight excluding hydrogens is 204 g/mol. The molecule has 0 saturated carbocycles. The van der Waals surface area contributed by atoms with Crippen molar-refractivity contribution in [2.75, 3.05) is 12.8 Å². The standard InChI is InChI=1S/C12H12N2O2/c1-16-12(15)10-6-5-9(8-11(10)14)4-2-3-7-13/h2,4-6,8H,3,14H2,1H3. The summed E-state index contributed by atoms with van der Waals surface area (Å²) < 4.78 is 4.58. The number of carbonyl (C=O) groups excluding carboxylic acids is 1. The number of benzene rings is 1. The molecule has 16 heavy (non-hydrogen) atoms. The van der Waals surface area contributed by atoms with Gasteiger partial charge in [-0.25, -0.2) is 4.79 Å². The Balaban J connectivity index is 2.92. The van der Waals surface area contributed by atoms with E-state index in [0.717, 1.165) is 5.56 Å². The van der Waals surface area contributed by atoms with Crippen molar-refractivity contribution in [3.63, 3.8) is 0 Å². The Morgan fingerprint density at radius 1 is 1.62 bits per heavy atom. The number of ether oxygens (including phenoxy) is 1. The van der Waals surface area contributed by atoms with E-state index in [9.17, 15) is 4.79 Å². The van der Waals surface area contributed by atoms with Gasteiger partial charge in [0.25, 0.3) is 0 Å². The summed E-state index contributed by atoms with van der Waals surface area (Å²) in [5.74, 6) is -0.454. The zero-order valence-corrected chi connectivity index (χ0v) is 8.93. The quantitative estimate of drug-likeness (QED) is 0.619. The first kappa shape index (κ1) is 11.8. The Labute approximate surface area is 93.9 Å². The van der Waals surface area contributed by atoms with Crippen LogP contribution in [0, 0.1) is 11.3 Å². The summed E-state index contributed by atoms with van der Waals surface area (Å²) in [7, 11) is 1.31. The minimum Gasteiger partial charge on any atom is -0.465 e. The summed E-state index contributed by atoms with van der Waals surface area (Å²) in [4.78, 5) is 11.2. The highest BCUT2D eigenvalue weighted by Gasteiger charge is 2.08.